The molecule has 1 heterocycles. The molecule has 0 radical (unpaired) electrons. The van der Waals surface area contributed by atoms with E-state index >= 15 is 0 Å². The Bertz CT molecular complexity index is 2700. The van der Waals surface area contributed by atoms with Gasteiger partial charge in [0.15, 0.2) is 0 Å². The number of para-hydroxylation sites is 1. The zero-order valence-corrected chi connectivity index (χ0v) is 24.8. The zero-order valence-electron chi connectivity index (χ0n) is 33.2. The molecule has 0 aliphatic rings. The van der Waals surface area contributed by atoms with E-state index in [2.05, 4.69) is 58.4 Å². The minimum Gasteiger partial charge on any atom is -0.309 e. The second-order valence-corrected chi connectivity index (χ2v) is 11.3. The molecule has 0 bridgehead atoms. The third-order valence-corrected chi connectivity index (χ3v) is 8.35. The Morgan fingerprint density at radius 1 is 0.432 bits per heavy atom. The van der Waals surface area contributed by atoms with Gasteiger partial charge in [-0.2, -0.15) is 0 Å². The van der Waals surface area contributed by atoms with Gasteiger partial charge in [0, 0.05) is 20.9 Å². The summed E-state index contributed by atoms with van der Waals surface area (Å²) in [4.78, 5) is 0. The van der Waals surface area contributed by atoms with E-state index in [4.69, 9.17) is 13.7 Å². The van der Waals surface area contributed by atoms with Gasteiger partial charge < -0.3 is 4.57 Å². The van der Waals surface area contributed by atoms with E-state index in [1.807, 2.05) is 53.1 Å². The molecule has 44 heavy (non-hydrogen) atoms. The van der Waals surface area contributed by atoms with Crippen LogP contribution in [0.2, 0.25) is 0 Å². The van der Waals surface area contributed by atoms with E-state index in [1.54, 1.807) is 12.1 Å². The van der Waals surface area contributed by atoms with Gasteiger partial charge >= 0.3 is 0 Å². The number of halogens is 1. The van der Waals surface area contributed by atoms with Crippen LogP contribution < -0.4 is 0 Å². The first kappa shape index (κ1) is 17.8. The van der Waals surface area contributed by atoms with Gasteiger partial charge in [-0.05, 0) is 87.0 Å². The Hall–Kier alpha value is -5.18. The minimum atomic E-state index is -0.533. The Morgan fingerprint density at radius 3 is 1.64 bits per heavy atom. The topological polar surface area (TPSA) is 4.93 Å². The number of hydrogen-bond donors (Lipinski definition) is 0. The summed E-state index contributed by atoms with van der Waals surface area (Å²) < 4.78 is 88.3. The largest absolute Gasteiger partial charge is 0.309 e. The van der Waals surface area contributed by atoms with E-state index in [0.29, 0.717) is 5.69 Å². The quantitative estimate of drug-likeness (QED) is 0.177. The molecule has 0 aliphatic carbocycles. The molecule has 0 atom stereocenters. The van der Waals surface area contributed by atoms with Gasteiger partial charge in [0.1, 0.15) is 0 Å². The van der Waals surface area contributed by atoms with Crippen molar-refractivity contribution in [2.24, 2.45) is 0 Å². The molecule has 0 fully saturated rings. The van der Waals surface area contributed by atoms with Crippen molar-refractivity contribution < 1.29 is 13.7 Å². The fraction of sp³-hybridized carbons (Fsp3) is 0. The SMILES string of the molecule is [2H]c1c([2H])c([2H])c(-c2cc(-c3c([2H])c([2H])c([2H])c([2H])c3[2H])cc(-n3c4ccccc4c4ccc(-c5ccccc5-c5ccc(Br)cc5)cc43)c2)c([2H])c1[2H]. The Balaban J connectivity index is 1.47. The van der Waals surface area contributed by atoms with Crippen LogP contribution in [0, 0.1) is 0 Å². The summed E-state index contributed by atoms with van der Waals surface area (Å²) in [5, 5.41) is 1.88. The maximum absolute atomic E-state index is 8.82. The van der Waals surface area contributed by atoms with E-state index in [1.165, 1.54) is 6.07 Å². The normalized spacial score (nSPS) is 14.5. The molecule has 2 heteroatoms. The maximum Gasteiger partial charge on any atom is 0.0629 e. The molecule has 0 amide bonds. The van der Waals surface area contributed by atoms with E-state index in [9.17, 15) is 0 Å². The Labute approximate surface area is 279 Å². The number of nitrogens with zero attached hydrogens (tertiary/aromatic N) is 1. The van der Waals surface area contributed by atoms with Crippen molar-refractivity contribution in [3.8, 4) is 50.2 Å². The number of aromatic nitrogens is 1. The lowest BCUT2D eigenvalue weighted by molar-refractivity contribution is 1.18. The highest BCUT2D eigenvalue weighted by Crippen LogP contribution is 2.39. The van der Waals surface area contributed by atoms with Crippen molar-refractivity contribution in [2.75, 3.05) is 0 Å². The van der Waals surface area contributed by atoms with Crippen molar-refractivity contribution in [1.82, 2.24) is 4.57 Å². The van der Waals surface area contributed by atoms with Gasteiger partial charge in [-0.1, -0.05) is 143 Å². The van der Waals surface area contributed by atoms with E-state index in [-0.39, 0.29) is 22.3 Å². The molecule has 0 aliphatic heterocycles. The first-order chi connectivity index (χ1) is 25.9. The van der Waals surface area contributed by atoms with Crippen LogP contribution in [0.25, 0.3) is 72.0 Å². The summed E-state index contributed by atoms with van der Waals surface area (Å²) in [7, 11) is 0. The molecule has 0 unspecified atom stereocenters. The van der Waals surface area contributed by atoms with Crippen molar-refractivity contribution in [3.63, 3.8) is 0 Å². The molecule has 0 saturated heterocycles. The van der Waals surface area contributed by atoms with Crippen LogP contribution in [-0.4, -0.2) is 4.57 Å². The molecular weight excluding hydrogens is 598 g/mol. The smallest absolute Gasteiger partial charge is 0.0629 e. The third-order valence-electron chi connectivity index (χ3n) is 7.82. The molecule has 8 aromatic rings. The van der Waals surface area contributed by atoms with Crippen LogP contribution in [0.3, 0.4) is 0 Å². The summed E-state index contributed by atoms with van der Waals surface area (Å²) in [6, 6.07) is 30.6. The Kier molecular flexibility index (Phi) is 4.51. The number of hydrogen-bond acceptors (Lipinski definition) is 0. The van der Waals surface area contributed by atoms with Gasteiger partial charge in [-0.15, -0.1) is 0 Å². The van der Waals surface area contributed by atoms with Crippen molar-refractivity contribution in [2.45, 2.75) is 0 Å². The highest BCUT2D eigenvalue weighted by Gasteiger charge is 2.16. The molecule has 7 aromatic carbocycles. The summed E-state index contributed by atoms with van der Waals surface area (Å²) >= 11 is 3.53. The lowest BCUT2D eigenvalue weighted by Crippen LogP contribution is -1.96. The molecule has 0 spiro atoms. The zero-order chi connectivity index (χ0) is 38.2. The molecular formula is C42H28BrN. The van der Waals surface area contributed by atoms with Gasteiger partial charge in [0.05, 0.1) is 24.7 Å². The van der Waals surface area contributed by atoms with E-state index in [0.717, 1.165) is 48.5 Å². The number of fused-ring (bicyclic) bond motifs is 3. The summed E-state index contributed by atoms with van der Waals surface area (Å²) in [6.07, 6.45) is 0. The fourth-order valence-electron chi connectivity index (χ4n) is 5.85. The van der Waals surface area contributed by atoms with Crippen LogP contribution in [0.4, 0.5) is 0 Å². The maximum atomic E-state index is 8.82. The van der Waals surface area contributed by atoms with Gasteiger partial charge in [-0.3, -0.25) is 0 Å². The fourth-order valence-corrected chi connectivity index (χ4v) is 6.11. The third kappa shape index (κ3) is 4.74. The molecule has 0 saturated carbocycles. The first-order valence-electron chi connectivity index (χ1n) is 19.1. The average Bonchev–Trinajstić information content (AvgIpc) is 3.52. The summed E-state index contributed by atoms with van der Waals surface area (Å²) in [5.74, 6) is 0. The van der Waals surface area contributed by atoms with Crippen LogP contribution in [0.1, 0.15) is 13.7 Å². The first-order valence-corrected chi connectivity index (χ1v) is 14.8. The minimum absolute atomic E-state index is 0.0682. The lowest BCUT2D eigenvalue weighted by Gasteiger charge is -2.15. The van der Waals surface area contributed by atoms with Crippen molar-refractivity contribution in [3.05, 3.63) is 174 Å². The molecule has 208 valence electrons. The van der Waals surface area contributed by atoms with Crippen LogP contribution >= 0.6 is 15.9 Å². The lowest BCUT2D eigenvalue weighted by atomic mass is 9.94. The van der Waals surface area contributed by atoms with Crippen LogP contribution in [-0.2, 0) is 0 Å². The number of benzene rings is 7. The van der Waals surface area contributed by atoms with Crippen molar-refractivity contribution >= 4 is 37.7 Å². The van der Waals surface area contributed by atoms with Crippen molar-refractivity contribution in [1.29, 1.82) is 0 Å². The van der Waals surface area contributed by atoms with Gasteiger partial charge in [0.2, 0.25) is 0 Å². The molecule has 1 aromatic heterocycles. The van der Waals surface area contributed by atoms with E-state index < -0.39 is 60.4 Å². The van der Waals surface area contributed by atoms with Gasteiger partial charge in [0.25, 0.3) is 0 Å². The molecule has 8 rings (SSSR count). The highest BCUT2D eigenvalue weighted by atomic mass is 79.9. The predicted molar refractivity (Wildman–Crippen MR) is 190 cm³/mol. The average molecular weight is 637 g/mol. The summed E-state index contributed by atoms with van der Waals surface area (Å²) in [6.45, 7) is 0. The highest BCUT2D eigenvalue weighted by molar-refractivity contribution is 9.10. The number of rotatable bonds is 5. The predicted octanol–water partition coefficient (Wildman–Crippen LogP) is 12.2. The standard InChI is InChI=1S/C42H28BrN/c43-35-22-19-31(20-23-35)37-15-7-8-16-38(37)32-21-24-40-39-17-9-10-18-41(39)44(42(40)28-32)36-26-33(29-11-3-1-4-12-29)25-34(27-36)30-13-5-2-6-14-30/h1-28H/i1D,2D,3D,4D,5D,6D,11D,12D,13D,14D. The second kappa shape index (κ2) is 11.1. The summed E-state index contributed by atoms with van der Waals surface area (Å²) in [5.41, 5.74) is 6.49. The molecule has 1 nitrogen and oxygen atoms in total. The van der Waals surface area contributed by atoms with Gasteiger partial charge in [-0.25, -0.2) is 0 Å². The second-order valence-electron chi connectivity index (χ2n) is 10.4. The molecule has 0 N–H and O–H groups in total. The Morgan fingerprint density at radius 2 is 0.977 bits per heavy atom. The monoisotopic (exact) mass is 635 g/mol. The van der Waals surface area contributed by atoms with Crippen LogP contribution in [0.15, 0.2) is 174 Å². The van der Waals surface area contributed by atoms with Crippen LogP contribution in [0.5, 0.6) is 0 Å².